The first-order valence-electron chi connectivity index (χ1n) is 5.39. The van der Waals surface area contributed by atoms with E-state index >= 15 is 0 Å². The molecular formula is C11H12N2O4S2. The van der Waals surface area contributed by atoms with Crippen LogP contribution >= 0.6 is 11.3 Å². The van der Waals surface area contributed by atoms with E-state index in [0.29, 0.717) is 16.5 Å². The number of hydrogen-bond acceptors (Lipinski definition) is 6. The molecule has 102 valence electrons. The van der Waals surface area contributed by atoms with Gasteiger partial charge >= 0.3 is 0 Å². The highest BCUT2D eigenvalue weighted by Crippen LogP contribution is 2.24. The number of thiazole rings is 1. The van der Waals surface area contributed by atoms with Crippen molar-refractivity contribution in [3.63, 3.8) is 0 Å². The molecule has 1 N–H and O–H groups in total. The first-order valence-corrected chi connectivity index (χ1v) is 8.09. The van der Waals surface area contributed by atoms with Crippen LogP contribution in [0.1, 0.15) is 5.69 Å². The van der Waals surface area contributed by atoms with Gasteiger partial charge in [0.15, 0.2) is 20.6 Å². The van der Waals surface area contributed by atoms with E-state index in [4.69, 9.17) is 4.42 Å². The minimum atomic E-state index is -3.50. The SMILES string of the molecule is CNC(=O)CS(=O)(=O)Cc1csc(-c2ccco2)n1. The predicted octanol–water partition coefficient (Wildman–Crippen LogP) is 1.06. The molecule has 2 rings (SSSR count). The molecule has 19 heavy (non-hydrogen) atoms. The van der Waals surface area contributed by atoms with Gasteiger partial charge in [-0.1, -0.05) is 0 Å². The van der Waals surface area contributed by atoms with Crippen LogP contribution in [0.25, 0.3) is 10.8 Å². The van der Waals surface area contributed by atoms with Crippen LogP contribution in [-0.4, -0.2) is 32.1 Å². The Morgan fingerprint density at radius 3 is 2.95 bits per heavy atom. The molecule has 1 amide bonds. The van der Waals surface area contributed by atoms with E-state index < -0.39 is 21.5 Å². The normalized spacial score (nSPS) is 11.4. The lowest BCUT2D eigenvalue weighted by Gasteiger charge is -2.00. The fourth-order valence-corrected chi connectivity index (χ4v) is 3.57. The van der Waals surface area contributed by atoms with E-state index in [1.807, 2.05) is 0 Å². The van der Waals surface area contributed by atoms with Crippen LogP contribution < -0.4 is 5.32 Å². The zero-order chi connectivity index (χ0) is 13.9. The molecule has 0 saturated carbocycles. The molecule has 0 aliphatic rings. The molecule has 0 aliphatic carbocycles. The van der Waals surface area contributed by atoms with Gasteiger partial charge in [-0.3, -0.25) is 4.79 Å². The lowest BCUT2D eigenvalue weighted by molar-refractivity contribution is -0.118. The van der Waals surface area contributed by atoms with Crippen LogP contribution in [0.4, 0.5) is 0 Å². The standard InChI is InChI=1S/C11H12N2O4S2/c1-12-10(14)7-19(15,16)6-8-5-18-11(13-8)9-3-2-4-17-9/h2-5H,6-7H2,1H3,(H,12,14). The second-order valence-corrected chi connectivity index (χ2v) is 6.75. The number of carbonyl (C=O) groups excluding carboxylic acids is 1. The molecule has 0 aromatic carbocycles. The van der Waals surface area contributed by atoms with Gasteiger partial charge in [-0.05, 0) is 12.1 Å². The number of hydrogen-bond donors (Lipinski definition) is 1. The predicted molar refractivity (Wildman–Crippen MR) is 71.4 cm³/mol. The first kappa shape index (κ1) is 13.8. The summed E-state index contributed by atoms with van der Waals surface area (Å²) < 4.78 is 28.7. The smallest absolute Gasteiger partial charge is 0.234 e. The van der Waals surface area contributed by atoms with Gasteiger partial charge in [-0.25, -0.2) is 13.4 Å². The quantitative estimate of drug-likeness (QED) is 0.892. The van der Waals surface area contributed by atoms with Crippen molar-refractivity contribution in [3.8, 4) is 10.8 Å². The summed E-state index contributed by atoms with van der Waals surface area (Å²) >= 11 is 1.30. The first-order chi connectivity index (χ1) is 9.00. The zero-order valence-corrected chi connectivity index (χ0v) is 11.8. The van der Waals surface area contributed by atoms with Crippen molar-refractivity contribution >= 4 is 27.1 Å². The maximum Gasteiger partial charge on any atom is 0.234 e. The lowest BCUT2D eigenvalue weighted by atomic mass is 10.5. The molecule has 0 fully saturated rings. The van der Waals surface area contributed by atoms with E-state index in [0.717, 1.165) is 0 Å². The number of sulfone groups is 1. The Labute approximate surface area is 114 Å². The van der Waals surface area contributed by atoms with Crippen LogP contribution in [0.5, 0.6) is 0 Å². The molecule has 8 heteroatoms. The van der Waals surface area contributed by atoms with Gasteiger partial charge in [0.25, 0.3) is 0 Å². The van der Waals surface area contributed by atoms with Crippen molar-refractivity contribution in [3.05, 3.63) is 29.5 Å². The van der Waals surface area contributed by atoms with Gasteiger partial charge in [-0.2, -0.15) is 0 Å². The summed E-state index contributed by atoms with van der Waals surface area (Å²) in [4.78, 5) is 15.3. The summed E-state index contributed by atoms with van der Waals surface area (Å²) in [6.45, 7) is 0. The van der Waals surface area contributed by atoms with Crippen molar-refractivity contribution in [2.24, 2.45) is 0 Å². The minimum absolute atomic E-state index is 0.252. The minimum Gasteiger partial charge on any atom is -0.462 e. The summed E-state index contributed by atoms with van der Waals surface area (Å²) in [5.74, 6) is -0.712. The van der Waals surface area contributed by atoms with Crippen molar-refractivity contribution in [2.45, 2.75) is 5.75 Å². The fraction of sp³-hybridized carbons (Fsp3) is 0.273. The molecule has 0 bridgehead atoms. The average molecular weight is 300 g/mol. The Kier molecular flexibility index (Phi) is 4.01. The monoisotopic (exact) mass is 300 g/mol. The summed E-state index contributed by atoms with van der Waals surface area (Å²) in [6, 6.07) is 3.49. The Morgan fingerprint density at radius 1 is 1.53 bits per heavy atom. The number of nitrogens with zero attached hydrogens (tertiary/aromatic N) is 1. The van der Waals surface area contributed by atoms with Gasteiger partial charge in [0.2, 0.25) is 5.91 Å². The number of furan rings is 1. The number of aromatic nitrogens is 1. The molecule has 0 saturated heterocycles. The molecular weight excluding hydrogens is 288 g/mol. The zero-order valence-electron chi connectivity index (χ0n) is 10.1. The van der Waals surface area contributed by atoms with Crippen LogP contribution in [0.2, 0.25) is 0 Å². The van der Waals surface area contributed by atoms with Crippen LogP contribution in [0.15, 0.2) is 28.2 Å². The third kappa shape index (κ3) is 3.65. The topological polar surface area (TPSA) is 89.3 Å². The molecule has 0 atom stereocenters. The summed E-state index contributed by atoms with van der Waals surface area (Å²) in [6.07, 6.45) is 1.53. The van der Waals surface area contributed by atoms with Crippen molar-refractivity contribution in [2.75, 3.05) is 12.8 Å². The maximum atomic E-state index is 11.7. The Balaban J connectivity index is 2.10. The molecule has 0 aliphatic heterocycles. The number of amides is 1. The fourth-order valence-electron chi connectivity index (χ4n) is 1.43. The Bertz CT molecular complexity index is 659. The molecule has 2 aromatic heterocycles. The third-order valence-electron chi connectivity index (χ3n) is 2.28. The van der Waals surface area contributed by atoms with Crippen molar-refractivity contribution in [1.29, 1.82) is 0 Å². The van der Waals surface area contributed by atoms with E-state index in [1.54, 1.807) is 17.5 Å². The summed E-state index contributed by atoms with van der Waals surface area (Å²) in [5, 5.41) is 4.56. The molecule has 0 spiro atoms. The molecule has 0 unspecified atom stereocenters. The third-order valence-corrected chi connectivity index (χ3v) is 4.62. The van der Waals surface area contributed by atoms with Crippen LogP contribution in [-0.2, 0) is 20.4 Å². The summed E-state index contributed by atoms with van der Waals surface area (Å²) in [7, 11) is -2.10. The van der Waals surface area contributed by atoms with Gasteiger partial charge in [0.05, 0.1) is 17.7 Å². The van der Waals surface area contributed by atoms with Crippen LogP contribution in [0, 0.1) is 0 Å². The van der Waals surface area contributed by atoms with E-state index in [2.05, 4.69) is 10.3 Å². The highest BCUT2D eigenvalue weighted by atomic mass is 32.2. The lowest BCUT2D eigenvalue weighted by Crippen LogP contribution is -2.27. The van der Waals surface area contributed by atoms with E-state index in [-0.39, 0.29) is 5.75 Å². The van der Waals surface area contributed by atoms with Crippen molar-refractivity contribution < 1.29 is 17.6 Å². The molecule has 2 heterocycles. The highest BCUT2D eigenvalue weighted by Gasteiger charge is 2.18. The number of rotatable bonds is 5. The maximum absolute atomic E-state index is 11.7. The second-order valence-electron chi connectivity index (χ2n) is 3.83. The van der Waals surface area contributed by atoms with Gasteiger partial charge < -0.3 is 9.73 Å². The number of carbonyl (C=O) groups is 1. The summed E-state index contributed by atoms with van der Waals surface area (Å²) in [5.41, 5.74) is 0.417. The second kappa shape index (κ2) is 5.54. The molecule has 2 aromatic rings. The molecule has 0 radical (unpaired) electrons. The van der Waals surface area contributed by atoms with E-state index in [1.165, 1.54) is 24.6 Å². The molecule has 6 nitrogen and oxygen atoms in total. The Hall–Kier alpha value is -1.67. The largest absolute Gasteiger partial charge is 0.462 e. The Morgan fingerprint density at radius 2 is 2.32 bits per heavy atom. The van der Waals surface area contributed by atoms with Crippen LogP contribution in [0.3, 0.4) is 0 Å². The van der Waals surface area contributed by atoms with Crippen molar-refractivity contribution in [1.82, 2.24) is 10.3 Å². The average Bonchev–Trinajstić information content (AvgIpc) is 2.97. The number of nitrogens with one attached hydrogen (secondary N) is 1. The van der Waals surface area contributed by atoms with E-state index in [9.17, 15) is 13.2 Å². The highest BCUT2D eigenvalue weighted by molar-refractivity contribution is 7.91. The van der Waals surface area contributed by atoms with Gasteiger partial charge in [0.1, 0.15) is 5.75 Å². The van der Waals surface area contributed by atoms with Gasteiger partial charge in [0, 0.05) is 12.4 Å². The van der Waals surface area contributed by atoms with Gasteiger partial charge in [-0.15, -0.1) is 11.3 Å².